The van der Waals surface area contributed by atoms with Crippen molar-refractivity contribution in [3.05, 3.63) is 18.0 Å². The number of nitrogens with zero attached hydrogens (tertiary/aromatic N) is 2. The molecule has 100 valence electrons. The highest BCUT2D eigenvalue weighted by atomic mass is 16.5. The second kappa shape index (κ2) is 5.85. The van der Waals surface area contributed by atoms with Gasteiger partial charge in [-0.2, -0.15) is 5.10 Å². The first kappa shape index (κ1) is 12.2. The number of hydrogen-bond donors (Lipinski definition) is 1. The lowest BCUT2D eigenvalue weighted by molar-refractivity contribution is 0.0897. The van der Waals surface area contributed by atoms with Gasteiger partial charge < -0.3 is 10.1 Å². The lowest BCUT2D eigenvalue weighted by Crippen LogP contribution is -2.14. The number of ether oxygens (including phenoxy) is 1. The zero-order valence-electron chi connectivity index (χ0n) is 11.0. The van der Waals surface area contributed by atoms with Gasteiger partial charge in [0.25, 0.3) is 0 Å². The lowest BCUT2D eigenvalue weighted by Gasteiger charge is -2.09. The maximum atomic E-state index is 5.76. The van der Waals surface area contributed by atoms with E-state index < -0.39 is 0 Å². The van der Waals surface area contributed by atoms with Gasteiger partial charge in [-0.3, -0.25) is 4.68 Å². The van der Waals surface area contributed by atoms with Crippen molar-refractivity contribution in [1.82, 2.24) is 15.1 Å². The molecule has 2 heterocycles. The van der Waals surface area contributed by atoms with Gasteiger partial charge in [0.1, 0.15) is 0 Å². The van der Waals surface area contributed by atoms with E-state index in [1.807, 2.05) is 0 Å². The summed E-state index contributed by atoms with van der Waals surface area (Å²) in [5.74, 6) is 0.696. The summed E-state index contributed by atoms with van der Waals surface area (Å²) in [6, 6.07) is 2.74. The van der Waals surface area contributed by atoms with E-state index in [1.165, 1.54) is 32.1 Å². The summed E-state index contributed by atoms with van der Waals surface area (Å²) in [7, 11) is 0. The van der Waals surface area contributed by atoms with Gasteiger partial charge in [0, 0.05) is 12.7 Å². The Labute approximate surface area is 109 Å². The molecule has 0 radical (unpaired) electrons. The third kappa shape index (κ3) is 2.93. The predicted molar refractivity (Wildman–Crippen MR) is 70.4 cm³/mol. The quantitative estimate of drug-likeness (QED) is 0.869. The lowest BCUT2D eigenvalue weighted by atomic mass is 10.1. The molecular weight excluding hydrogens is 226 g/mol. The van der Waals surface area contributed by atoms with Crippen LogP contribution < -0.4 is 5.32 Å². The van der Waals surface area contributed by atoms with Crippen LogP contribution in [0.1, 0.15) is 43.8 Å². The number of aromatic nitrogens is 2. The Bertz CT molecular complexity index is 365. The van der Waals surface area contributed by atoms with Gasteiger partial charge in [0.15, 0.2) is 0 Å². The maximum absolute atomic E-state index is 5.76. The van der Waals surface area contributed by atoms with Crippen LogP contribution in [0.4, 0.5) is 0 Å². The molecule has 0 spiro atoms. The minimum Gasteiger partial charge on any atom is -0.375 e. The van der Waals surface area contributed by atoms with E-state index in [0.29, 0.717) is 18.6 Å². The molecule has 2 aliphatic rings. The minimum absolute atomic E-state index is 0.637. The summed E-state index contributed by atoms with van der Waals surface area (Å²) >= 11 is 0. The standard InChI is InChI=1S/C14H23N3O/c1-2-4-14(3-1)17-8-6-13(16-17)11-18-10-12-5-7-15-9-12/h6,8,12,14-15H,1-5,7,9-11H2. The Morgan fingerprint density at radius 3 is 3.00 bits per heavy atom. The molecule has 0 aromatic carbocycles. The molecule has 1 aliphatic carbocycles. The molecule has 1 aromatic rings. The molecule has 0 amide bonds. The van der Waals surface area contributed by atoms with Crippen molar-refractivity contribution in [3.63, 3.8) is 0 Å². The van der Waals surface area contributed by atoms with Crippen molar-refractivity contribution in [1.29, 1.82) is 0 Å². The highest BCUT2D eigenvalue weighted by Gasteiger charge is 2.18. The first-order valence-electron chi connectivity index (χ1n) is 7.24. The first-order valence-corrected chi connectivity index (χ1v) is 7.24. The number of nitrogens with one attached hydrogen (secondary N) is 1. The molecule has 18 heavy (non-hydrogen) atoms. The van der Waals surface area contributed by atoms with E-state index in [-0.39, 0.29) is 0 Å². The van der Waals surface area contributed by atoms with Crippen molar-refractivity contribution in [3.8, 4) is 0 Å². The second-order valence-electron chi connectivity index (χ2n) is 5.60. The molecule has 1 saturated heterocycles. The van der Waals surface area contributed by atoms with Gasteiger partial charge in [-0.25, -0.2) is 0 Å². The molecule has 1 aliphatic heterocycles. The summed E-state index contributed by atoms with van der Waals surface area (Å²) in [5, 5.41) is 7.99. The van der Waals surface area contributed by atoms with Gasteiger partial charge in [0.05, 0.1) is 24.9 Å². The average molecular weight is 249 g/mol. The summed E-state index contributed by atoms with van der Waals surface area (Å²) in [5.41, 5.74) is 1.08. The topological polar surface area (TPSA) is 39.1 Å². The van der Waals surface area contributed by atoms with Crippen molar-refractivity contribution in [2.24, 2.45) is 5.92 Å². The highest BCUT2D eigenvalue weighted by molar-refractivity contribution is 4.98. The third-order valence-corrected chi connectivity index (χ3v) is 4.13. The molecular formula is C14H23N3O. The summed E-state index contributed by atoms with van der Waals surface area (Å²) in [6.45, 7) is 3.78. The number of hydrogen-bond acceptors (Lipinski definition) is 3. The smallest absolute Gasteiger partial charge is 0.0906 e. The maximum Gasteiger partial charge on any atom is 0.0906 e. The number of rotatable bonds is 5. The molecule has 1 unspecified atom stereocenters. The SMILES string of the molecule is c1cn(C2CCCC2)nc1COCC1CCNC1. The summed E-state index contributed by atoms with van der Waals surface area (Å²) < 4.78 is 7.91. The molecule has 0 bridgehead atoms. The van der Waals surface area contributed by atoms with Gasteiger partial charge >= 0.3 is 0 Å². The van der Waals surface area contributed by atoms with Crippen LogP contribution in [0.5, 0.6) is 0 Å². The molecule has 4 nitrogen and oxygen atoms in total. The van der Waals surface area contributed by atoms with Gasteiger partial charge in [0.2, 0.25) is 0 Å². The van der Waals surface area contributed by atoms with Gasteiger partial charge in [-0.15, -0.1) is 0 Å². The van der Waals surface area contributed by atoms with Crippen molar-refractivity contribution in [2.75, 3.05) is 19.7 Å². The van der Waals surface area contributed by atoms with E-state index >= 15 is 0 Å². The predicted octanol–water partition coefficient (Wildman–Crippen LogP) is 2.12. The molecule has 3 rings (SSSR count). The molecule has 1 saturated carbocycles. The van der Waals surface area contributed by atoms with Crippen LogP contribution in [0.2, 0.25) is 0 Å². The molecule has 1 aromatic heterocycles. The first-order chi connectivity index (χ1) is 8.92. The monoisotopic (exact) mass is 249 g/mol. The fourth-order valence-electron chi connectivity index (χ4n) is 3.01. The van der Waals surface area contributed by atoms with E-state index in [2.05, 4.69) is 27.4 Å². The van der Waals surface area contributed by atoms with Crippen LogP contribution in [0, 0.1) is 5.92 Å². The van der Waals surface area contributed by atoms with E-state index in [4.69, 9.17) is 4.74 Å². The van der Waals surface area contributed by atoms with Crippen LogP contribution in [0.15, 0.2) is 12.3 Å². The second-order valence-corrected chi connectivity index (χ2v) is 5.60. The Hall–Kier alpha value is -0.870. The Kier molecular flexibility index (Phi) is 3.96. The Morgan fingerprint density at radius 2 is 2.22 bits per heavy atom. The molecule has 1 N–H and O–H groups in total. The largest absolute Gasteiger partial charge is 0.375 e. The fourth-order valence-corrected chi connectivity index (χ4v) is 3.01. The van der Waals surface area contributed by atoms with Crippen LogP contribution in [-0.2, 0) is 11.3 Å². The van der Waals surface area contributed by atoms with Crippen molar-refractivity contribution < 1.29 is 4.74 Å². The molecule has 4 heteroatoms. The molecule has 2 fully saturated rings. The van der Waals surface area contributed by atoms with Gasteiger partial charge in [-0.1, -0.05) is 12.8 Å². The fraction of sp³-hybridized carbons (Fsp3) is 0.786. The van der Waals surface area contributed by atoms with Crippen molar-refractivity contribution >= 4 is 0 Å². The Balaban J connectivity index is 1.44. The minimum atomic E-state index is 0.637. The summed E-state index contributed by atoms with van der Waals surface area (Å²) in [6.07, 6.45) is 8.64. The van der Waals surface area contributed by atoms with Crippen LogP contribution in [0.25, 0.3) is 0 Å². The highest BCUT2D eigenvalue weighted by Crippen LogP contribution is 2.28. The normalized spacial score (nSPS) is 25.0. The molecule has 1 atom stereocenters. The van der Waals surface area contributed by atoms with Crippen LogP contribution >= 0.6 is 0 Å². The Morgan fingerprint density at radius 1 is 1.33 bits per heavy atom. The third-order valence-electron chi connectivity index (χ3n) is 4.13. The summed E-state index contributed by atoms with van der Waals surface area (Å²) in [4.78, 5) is 0. The zero-order valence-corrected chi connectivity index (χ0v) is 11.0. The van der Waals surface area contributed by atoms with E-state index in [9.17, 15) is 0 Å². The van der Waals surface area contributed by atoms with Crippen LogP contribution in [0.3, 0.4) is 0 Å². The van der Waals surface area contributed by atoms with E-state index in [1.54, 1.807) is 0 Å². The average Bonchev–Trinajstić information content (AvgIpc) is 3.12. The zero-order chi connectivity index (χ0) is 12.2. The van der Waals surface area contributed by atoms with Crippen LogP contribution in [-0.4, -0.2) is 29.5 Å². The van der Waals surface area contributed by atoms with E-state index in [0.717, 1.165) is 25.4 Å². The van der Waals surface area contributed by atoms with Gasteiger partial charge in [-0.05, 0) is 37.8 Å². The van der Waals surface area contributed by atoms with Crippen molar-refractivity contribution in [2.45, 2.75) is 44.8 Å².